The second-order valence-electron chi connectivity index (χ2n) is 4.33. The van der Waals surface area contributed by atoms with Gasteiger partial charge in [0.05, 0.1) is 18.8 Å². The standard InChI is InChI=1S/C12H24N2O3/c1-5-14(3)11(15)8-13-9-7-10(17-6-2)12(9)16-4/h9-10,12-13H,5-8H2,1-4H3. The third-order valence-corrected chi connectivity index (χ3v) is 3.32. The van der Waals surface area contributed by atoms with Gasteiger partial charge in [-0.25, -0.2) is 0 Å². The zero-order valence-electron chi connectivity index (χ0n) is 11.2. The van der Waals surface area contributed by atoms with Gasteiger partial charge in [-0.15, -0.1) is 0 Å². The average Bonchev–Trinajstić information content (AvgIpc) is 2.31. The molecule has 0 aromatic heterocycles. The van der Waals surface area contributed by atoms with Gasteiger partial charge in [-0.2, -0.15) is 0 Å². The first kappa shape index (κ1) is 14.4. The molecule has 5 nitrogen and oxygen atoms in total. The van der Waals surface area contributed by atoms with Crippen molar-refractivity contribution in [2.45, 2.75) is 38.5 Å². The lowest BCUT2D eigenvalue weighted by molar-refractivity contribution is -0.138. The van der Waals surface area contributed by atoms with Gasteiger partial charge in [0.25, 0.3) is 0 Å². The van der Waals surface area contributed by atoms with E-state index in [9.17, 15) is 4.79 Å². The van der Waals surface area contributed by atoms with Crippen LogP contribution in [0.25, 0.3) is 0 Å². The minimum absolute atomic E-state index is 0.0645. The number of ether oxygens (including phenoxy) is 2. The molecule has 1 N–H and O–H groups in total. The highest BCUT2D eigenvalue weighted by Crippen LogP contribution is 2.26. The Hall–Kier alpha value is -0.650. The Balaban J connectivity index is 2.27. The van der Waals surface area contributed by atoms with Crippen LogP contribution in [-0.2, 0) is 14.3 Å². The van der Waals surface area contributed by atoms with E-state index >= 15 is 0 Å². The van der Waals surface area contributed by atoms with E-state index in [0.29, 0.717) is 13.2 Å². The van der Waals surface area contributed by atoms with Crippen LogP contribution in [0.5, 0.6) is 0 Å². The zero-order valence-corrected chi connectivity index (χ0v) is 11.2. The van der Waals surface area contributed by atoms with Crippen molar-refractivity contribution in [2.75, 3.05) is 33.9 Å². The first-order valence-electron chi connectivity index (χ1n) is 6.25. The molecule has 0 bridgehead atoms. The third-order valence-electron chi connectivity index (χ3n) is 3.32. The molecular formula is C12H24N2O3. The molecule has 1 aliphatic rings. The summed E-state index contributed by atoms with van der Waals surface area (Å²) in [6.45, 7) is 5.75. The predicted molar refractivity (Wildman–Crippen MR) is 65.9 cm³/mol. The summed E-state index contributed by atoms with van der Waals surface area (Å²) in [5.74, 6) is 0.113. The molecule has 0 aromatic rings. The second-order valence-corrected chi connectivity index (χ2v) is 4.33. The van der Waals surface area contributed by atoms with Gasteiger partial charge in [0.2, 0.25) is 5.91 Å². The Morgan fingerprint density at radius 1 is 1.47 bits per heavy atom. The van der Waals surface area contributed by atoms with Gasteiger partial charge in [-0.3, -0.25) is 4.79 Å². The third kappa shape index (κ3) is 3.66. The van der Waals surface area contributed by atoms with Gasteiger partial charge in [0.1, 0.15) is 0 Å². The molecule has 1 fully saturated rings. The van der Waals surface area contributed by atoms with Gasteiger partial charge in [-0.1, -0.05) is 0 Å². The number of amides is 1. The van der Waals surface area contributed by atoms with Crippen molar-refractivity contribution in [1.82, 2.24) is 10.2 Å². The summed E-state index contributed by atoms with van der Waals surface area (Å²) in [5, 5.41) is 3.23. The maximum atomic E-state index is 11.6. The number of likely N-dealkylation sites (N-methyl/N-ethyl adjacent to an activating group) is 1. The van der Waals surface area contributed by atoms with Crippen LogP contribution in [0.3, 0.4) is 0 Å². The normalized spacial score (nSPS) is 27.6. The predicted octanol–water partition coefficient (Wildman–Crippen LogP) is 0.247. The summed E-state index contributed by atoms with van der Waals surface area (Å²) in [6, 6.07) is 0.228. The van der Waals surface area contributed by atoms with Crippen LogP contribution in [0, 0.1) is 0 Å². The lowest BCUT2D eigenvalue weighted by atomic mass is 9.85. The van der Waals surface area contributed by atoms with Crippen LogP contribution in [0.2, 0.25) is 0 Å². The molecule has 0 radical (unpaired) electrons. The first-order chi connectivity index (χ1) is 8.13. The molecule has 1 amide bonds. The van der Waals surface area contributed by atoms with Crippen molar-refractivity contribution in [2.24, 2.45) is 0 Å². The number of hydrogen-bond acceptors (Lipinski definition) is 4. The molecule has 1 rings (SSSR count). The molecule has 0 saturated heterocycles. The molecular weight excluding hydrogens is 220 g/mol. The molecule has 0 aromatic carbocycles. The highest BCUT2D eigenvalue weighted by atomic mass is 16.5. The zero-order chi connectivity index (χ0) is 12.8. The minimum Gasteiger partial charge on any atom is -0.377 e. The SMILES string of the molecule is CCOC1CC(NCC(=O)N(C)CC)C1OC. The lowest BCUT2D eigenvalue weighted by Gasteiger charge is -2.43. The second kappa shape index (κ2) is 6.93. The van der Waals surface area contributed by atoms with Crippen molar-refractivity contribution in [3.63, 3.8) is 0 Å². The Morgan fingerprint density at radius 3 is 2.71 bits per heavy atom. The molecule has 0 spiro atoms. The van der Waals surface area contributed by atoms with Crippen molar-refractivity contribution < 1.29 is 14.3 Å². The Labute approximate surface area is 103 Å². The van der Waals surface area contributed by atoms with E-state index in [2.05, 4.69) is 5.32 Å². The fraction of sp³-hybridized carbons (Fsp3) is 0.917. The fourth-order valence-electron chi connectivity index (χ4n) is 2.00. The van der Waals surface area contributed by atoms with E-state index in [4.69, 9.17) is 9.47 Å². The molecule has 3 atom stereocenters. The quantitative estimate of drug-likeness (QED) is 0.697. The summed E-state index contributed by atoms with van der Waals surface area (Å²) < 4.78 is 10.9. The number of carbonyl (C=O) groups excluding carboxylic acids is 1. The average molecular weight is 244 g/mol. The Bertz CT molecular complexity index is 248. The maximum absolute atomic E-state index is 11.6. The molecule has 1 saturated carbocycles. The van der Waals surface area contributed by atoms with Gasteiger partial charge in [-0.05, 0) is 20.3 Å². The fourth-order valence-corrected chi connectivity index (χ4v) is 2.00. The smallest absolute Gasteiger partial charge is 0.236 e. The van der Waals surface area contributed by atoms with Crippen LogP contribution >= 0.6 is 0 Å². The van der Waals surface area contributed by atoms with E-state index in [1.54, 1.807) is 12.0 Å². The molecule has 3 unspecified atom stereocenters. The summed E-state index contributed by atoms with van der Waals surface area (Å²) in [5.41, 5.74) is 0. The van der Waals surface area contributed by atoms with E-state index in [-0.39, 0.29) is 24.2 Å². The van der Waals surface area contributed by atoms with Gasteiger partial charge < -0.3 is 19.7 Å². The number of carbonyl (C=O) groups is 1. The van der Waals surface area contributed by atoms with Crippen LogP contribution < -0.4 is 5.32 Å². The van der Waals surface area contributed by atoms with Gasteiger partial charge in [0.15, 0.2) is 0 Å². The highest BCUT2D eigenvalue weighted by Gasteiger charge is 2.41. The summed E-state index contributed by atoms with van der Waals surface area (Å²) in [7, 11) is 3.49. The molecule has 17 heavy (non-hydrogen) atoms. The largest absolute Gasteiger partial charge is 0.377 e. The highest BCUT2D eigenvalue weighted by molar-refractivity contribution is 5.77. The van der Waals surface area contributed by atoms with E-state index in [0.717, 1.165) is 13.0 Å². The van der Waals surface area contributed by atoms with E-state index < -0.39 is 0 Å². The minimum atomic E-state index is 0.0645. The molecule has 5 heteroatoms. The Morgan fingerprint density at radius 2 is 2.18 bits per heavy atom. The van der Waals surface area contributed by atoms with Crippen molar-refractivity contribution in [1.29, 1.82) is 0 Å². The van der Waals surface area contributed by atoms with Gasteiger partial charge >= 0.3 is 0 Å². The van der Waals surface area contributed by atoms with Crippen LogP contribution in [0.15, 0.2) is 0 Å². The number of hydrogen-bond donors (Lipinski definition) is 1. The Kier molecular flexibility index (Phi) is 5.88. The van der Waals surface area contributed by atoms with Crippen LogP contribution in [0.4, 0.5) is 0 Å². The van der Waals surface area contributed by atoms with Crippen molar-refractivity contribution >= 4 is 5.91 Å². The lowest BCUT2D eigenvalue weighted by Crippen LogP contribution is -2.61. The van der Waals surface area contributed by atoms with E-state index in [1.165, 1.54) is 0 Å². The number of rotatable bonds is 7. The van der Waals surface area contributed by atoms with Crippen molar-refractivity contribution in [3.05, 3.63) is 0 Å². The number of nitrogens with zero attached hydrogens (tertiary/aromatic N) is 1. The first-order valence-corrected chi connectivity index (χ1v) is 6.25. The summed E-state index contributed by atoms with van der Waals surface area (Å²) in [4.78, 5) is 13.3. The summed E-state index contributed by atoms with van der Waals surface area (Å²) in [6.07, 6.45) is 1.14. The van der Waals surface area contributed by atoms with E-state index in [1.807, 2.05) is 20.9 Å². The number of nitrogens with one attached hydrogen (secondary N) is 1. The number of methoxy groups -OCH3 is 1. The van der Waals surface area contributed by atoms with Crippen molar-refractivity contribution in [3.8, 4) is 0 Å². The molecule has 1 aliphatic carbocycles. The van der Waals surface area contributed by atoms with Gasteiger partial charge in [0, 0.05) is 33.4 Å². The topological polar surface area (TPSA) is 50.8 Å². The molecule has 0 heterocycles. The monoisotopic (exact) mass is 244 g/mol. The van der Waals surface area contributed by atoms with Crippen LogP contribution in [0.1, 0.15) is 20.3 Å². The van der Waals surface area contributed by atoms with Crippen LogP contribution in [-0.4, -0.2) is 62.9 Å². The molecule has 0 aliphatic heterocycles. The summed E-state index contributed by atoms with van der Waals surface area (Å²) >= 11 is 0. The maximum Gasteiger partial charge on any atom is 0.236 e. The molecule has 100 valence electrons.